The van der Waals surface area contributed by atoms with Crippen LogP contribution in [-0.4, -0.2) is 55.2 Å². The van der Waals surface area contributed by atoms with E-state index in [2.05, 4.69) is 10.6 Å². The van der Waals surface area contributed by atoms with Crippen LogP contribution < -0.4 is 32.6 Å². The molecule has 0 aliphatic heterocycles. The number of hydrogen-bond donors (Lipinski definition) is 5. The lowest BCUT2D eigenvalue weighted by Gasteiger charge is -2.37. The number of nitrogens with two attached hydrogens (primary N) is 3. The van der Waals surface area contributed by atoms with Crippen LogP contribution in [0.1, 0.15) is 57.2 Å². The molecule has 0 radical (unpaired) electrons. The SMILES string of the molecule is Cc1cc(Oc2ccccc2)ccc1C1(N)C(=O)C(N)c2c(C(=O)N[C@@H]3CC[C@@H](NC(=O)CN(C)C)C3)sc3c(N)ccc1c23. The van der Waals surface area contributed by atoms with Gasteiger partial charge in [-0.25, -0.2) is 0 Å². The number of ketones is 1. The molecule has 4 atom stereocenters. The molecule has 4 aromatic rings. The lowest BCUT2D eigenvalue weighted by atomic mass is 9.69. The largest absolute Gasteiger partial charge is 0.457 e. The van der Waals surface area contributed by atoms with Crippen LogP contribution in [0.4, 0.5) is 5.69 Å². The summed E-state index contributed by atoms with van der Waals surface area (Å²) in [7, 11) is 3.69. The van der Waals surface area contributed by atoms with Crippen molar-refractivity contribution in [2.75, 3.05) is 26.4 Å². The Balaban J connectivity index is 1.31. The zero-order chi connectivity index (χ0) is 32.0. The maximum atomic E-state index is 14.2. The Bertz CT molecular complexity index is 1810. The number of nitrogen functional groups attached to an aromatic ring is 1. The molecule has 0 saturated heterocycles. The van der Waals surface area contributed by atoms with Crippen LogP contribution in [0.25, 0.3) is 10.1 Å². The van der Waals surface area contributed by atoms with Crippen LogP contribution in [0.5, 0.6) is 11.5 Å². The van der Waals surface area contributed by atoms with E-state index in [0.717, 1.165) is 18.4 Å². The first-order chi connectivity index (χ1) is 21.5. The number of aryl methyl sites for hydroxylation is 1. The quantitative estimate of drug-likeness (QED) is 0.185. The first kappa shape index (κ1) is 30.7. The Morgan fingerprint density at radius 3 is 2.38 bits per heavy atom. The Morgan fingerprint density at radius 2 is 1.69 bits per heavy atom. The van der Waals surface area contributed by atoms with Gasteiger partial charge >= 0.3 is 0 Å². The zero-order valence-electron chi connectivity index (χ0n) is 25.6. The highest BCUT2D eigenvalue weighted by Gasteiger charge is 2.49. The number of benzene rings is 3. The predicted molar refractivity (Wildman–Crippen MR) is 176 cm³/mol. The van der Waals surface area contributed by atoms with Crippen LogP contribution in [0.2, 0.25) is 0 Å². The number of rotatable bonds is 8. The third kappa shape index (κ3) is 5.57. The number of amides is 2. The molecule has 10 nitrogen and oxygen atoms in total. The van der Waals surface area contributed by atoms with Crippen molar-refractivity contribution in [1.29, 1.82) is 0 Å². The third-order valence-electron chi connectivity index (χ3n) is 8.71. The van der Waals surface area contributed by atoms with Gasteiger partial charge in [-0.2, -0.15) is 0 Å². The standard InChI is InChI=1S/C34H38N6O4S/c1-18-15-22(44-21-7-5-4-6-8-21)11-12-23(18)34(37)24-13-14-25(35)30-27(24)28(29(36)32(34)42)31(45-30)33(43)39-20-10-9-19(16-20)38-26(41)17-40(2)3/h4-8,11-15,19-20,29H,9-10,16-17,35-37H2,1-3H3,(H,38,41)(H,39,43)/t19-,20-,29?,34?/m1/s1. The van der Waals surface area contributed by atoms with E-state index in [1.54, 1.807) is 24.3 Å². The molecule has 1 saturated carbocycles. The minimum absolute atomic E-state index is 0.0137. The molecule has 2 unspecified atom stereocenters. The smallest absolute Gasteiger partial charge is 0.261 e. The summed E-state index contributed by atoms with van der Waals surface area (Å²) in [5, 5.41) is 6.82. The average molecular weight is 627 g/mol. The second-order valence-electron chi connectivity index (χ2n) is 12.3. The molecule has 1 heterocycles. The van der Waals surface area contributed by atoms with Crippen LogP contribution >= 0.6 is 11.3 Å². The fourth-order valence-electron chi connectivity index (χ4n) is 6.65. The topological polar surface area (TPSA) is 166 Å². The number of hydrogen-bond acceptors (Lipinski definition) is 9. The fraction of sp³-hybridized carbons (Fsp3) is 0.324. The number of thiophene rings is 1. The van der Waals surface area contributed by atoms with Gasteiger partial charge in [-0.05, 0) is 87.3 Å². The number of likely N-dealkylation sites (N-methyl/N-ethyl adjacent to an activating group) is 1. The monoisotopic (exact) mass is 626 g/mol. The van der Waals surface area contributed by atoms with E-state index in [1.807, 2.05) is 62.3 Å². The number of nitrogens with one attached hydrogen (secondary N) is 2. The lowest BCUT2D eigenvalue weighted by Crippen LogP contribution is -2.53. The molecule has 2 aliphatic rings. The second kappa shape index (κ2) is 11.9. The first-order valence-electron chi connectivity index (χ1n) is 15.0. The summed E-state index contributed by atoms with van der Waals surface area (Å²) in [6.45, 7) is 2.19. The Morgan fingerprint density at radius 1 is 1.00 bits per heavy atom. The van der Waals surface area contributed by atoms with Crippen LogP contribution in [0.15, 0.2) is 60.7 Å². The fourth-order valence-corrected chi connectivity index (χ4v) is 7.85. The van der Waals surface area contributed by atoms with E-state index in [9.17, 15) is 14.4 Å². The highest BCUT2D eigenvalue weighted by atomic mass is 32.1. The predicted octanol–water partition coefficient (Wildman–Crippen LogP) is 3.70. The van der Waals surface area contributed by atoms with Crippen molar-refractivity contribution in [2.45, 2.75) is 49.9 Å². The van der Waals surface area contributed by atoms with Crippen molar-refractivity contribution < 1.29 is 19.1 Å². The lowest BCUT2D eigenvalue weighted by molar-refractivity contribution is -0.125. The zero-order valence-corrected chi connectivity index (χ0v) is 26.4. The van der Waals surface area contributed by atoms with Gasteiger partial charge in [0.2, 0.25) is 5.91 Å². The molecule has 0 bridgehead atoms. The molecule has 8 N–H and O–H groups in total. The van der Waals surface area contributed by atoms with Gasteiger partial charge in [0.25, 0.3) is 5.91 Å². The van der Waals surface area contributed by atoms with Crippen molar-refractivity contribution in [3.8, 4) is 11.5 Å². The number of carbonyl (C=O) groups is 3. The maximum absolute atomic E-state index is 14.2. The molecule has 2 amide bonds. The molecule has 3 aromatic carbocycles. The molecule has 0 spiro atoms. The summed E-state index contributed by atoms with van der Waals surface area (Å²) in [5.74, 6) is 0.546. The van der Waals surface area contributed by atoms with Crippen LogP contribution in [0, 0.1) is 6.92 Å². The molecular weight excluding hydrogens is 588 g/mol. The Labute approximate surface area is 265 Å². The molecule has 45 heavy (non-hydrogen) atoms. The molecule has 6 rings (SSSR count). The normalized spacial score (nSPS) is 22.5. The van der Waals surface area contributed by atoms with Crippen molar-refractivity contribution in [2.24, 2.45) is 11.5 Å². The van der Waals surface area contributed by atoms with Gasteiger partial charge in [0.1, 0.15) is 17.0 Å². The van der Waals surface area contributed by atoms with Crippen LogP contribution in [-0.2, 0) is 15.1 Å². The van der Waals surface area contributed by atoms with E-state index >= 15 is 0 Å². The van der Waals surface area contributed by atoms with E-state index in [4.69, 9.17) is 21.9 Å². The summed E-state index contributed by atoms with van der Waals surface area (Å²) < 4.78 is 6.68. The minimum atomic E-state index is -1.56. The van der Waals surface area contributed by atoms with Crippen molar-refractivity contribution in [3.63, 3.8) is 0 Å². The number of nitrogens with zero attached hydrogens (tertiary/aromatic N) is 1. The van der Waals surface area contributed by atoms with E-state index in [-0.39, 0.29) is 23.9 Å². The second-order valence-corrected chi connectivity index (χ2v) is 13.3. The summed E-state index contributed by atoms with van der Waals surface area (Å²) in [6.07, 6.45) is 2.12. The summed E-state index contributed by atoms with van der Waals surface area (Å²) in [5.41, 5.74) is 21.5. The highest BCUT2D eigenvalue weighted by Crippen LogP contribution is 2.50. The highest BCUT2D eigenvalue weighted by molar-refractivity contribution is 7.21. The maximum Gasteiger partial charge on any atom is 0.261 e. The van der Waals surface area contributed by atoms with Gasteiger partial charge in [0.15, 0.2) is 5.78 Å². The van der Waals surface area contributed by atoms with Crippen molar-refractivity contribution in [1.82, 2.24) is 15.5 Å². The van der Waals surface area contributed by atoms with Gasteiger partial charge in [-0.1, -0.05) is 30.3 Å². The van der Waals surface area contributed by atoms with E-state index < -0.39 is 17.4 Å². The molecule has 1 fully saturated rings. The Kier molecular flexibility index (Phi) is 8.13. The van der Waals surface area contributed by atoms with Crippen LogP contribution in [0.3, 0.4) is 0 Å². The number of ether oxygens (including phenoxy) is 1. The molecular formula is C34H38N6O4S. The summed E-state index contributed by atoms with van der Waals surface area (Å²) in [6, 6.07) is 17.1. The molecule has 234 valence electrons. The van der Waals surface area contributed by atoms with Gasteiger partial charge in [-0.15, -0.1) is 11.3 Å². The average Bonchev–Trinajstić information content (AvgIpc) is 3.61. The van der Waals surface area contributed by atoms with Gasteiger partial charge in [0.05, 0.1) is 22.2 Å². The Hall–Kier alpha value is -4.29. The van der Waals surface area contributed by atoms with Gasteiger partial charge in [-0.3, -0.25) is 14.4 Å². The third-order valence-corrected chi connectivity index (χ3v) is 9.97. The molecule has 11 heteroatoms. The first-order valence-corrected chi connectivity index (χ1v) is 15.8. The van der Waals surface area contributed by atoms with E-state index in [0.29, 0.717) is 61.8 Å². The van der Waals surface area contributed by atoms with Gasteiger partial charge < -0.3 is 37.5 Å². The minimum Gasteiger partial charge on any atom is -0.457 e. The molecule has 2 aliphatic carbocycles. The molecule has 1 aromatic heterocycles. The van der Waals surface area contributed by atoms with E-state index in [1.165, 1.54) is 11.3 Å². The van der Waals surface area contributed by atoms with Crippen molar-refractivity contribution in [3.05, 3.63) is 87.8 Å². The number of anilines is 1. The number of para-hydroxylation sites is 1. The summed E-state index contributed by atoms with van der Waals surface area (Å²) >= 11 is 1.23. The van der Waals surface area contributed by atoms with Gasteiger partial charge in [0, 0.05) is 28.7 Å². The summed E-state index contributed by atoms with van der Waals surface area (Å²) in [4.78, 5) is 42.4. The van der Waals surface area contributed by atoms with Crippen molar-refractivity contribution >= 4 is 44.7 Å². The number of Topliss-reactive ketones (excluding diaryl/α,β-unsaturated/α-hetero) is 1. The number of carbonyl (C=O) groups excluding carboxylic acids is 3.